The van der Waals surface area contributed by atoms with E-state index in [-0.39, 0.29) is 19.6 Å². The highest BCUT2D eigenvalue weighted by Crippen LogP contribution is 2.34. The first-order chi connectivity index (χ1) is 8.50. The van der Waals surface area contributed by atoms with E-state index in [0.717, 1.165) is 0 Å². The molecule has 0 aromatic carbocycles. The third kappa shape index (κ3) is 3.10. The minimum absolute atomic E-state index is 0.0934. The Labute approximate surface area is 107 Å². The number of rotatable bonds is 7. The number of hydrogen-bond acceptors (Lipinski definition) is 5. The smallest absolute Gasteiger partial charge is 0.325 e. The van der Waals surface area contributed by atoms with Crippen molar-refractivity contribution in [2.24, 2.45) is 11.3 Å². The van der Waals surface area contributed by atoms with Gasteiger partial charge in [-0.15, -0.1) is 12.3 Å². The second kappa shape index (κ2) is 7.49. The Balaban J connectivity index is 5.56. The third-order valence-electron chi connectivity index (χ3n) is 2.67. The summed E-state index contributed by atoms with van der Waals surface area (Å²) in [5.41, 5.74) is -1.75. The standard InChI is InChI=1S/C13H18O5/c1-5-10(4)13(8-9-14,11(15)17-6-2)12(16)18-7-3/h1,9-10H,6-8H2,2-4H3. The minimum atomic E-state index is -1.75. The lowest BCUT2D eigenvalue weighted by atomic mass is 9.74. The molecule has 0 fully saturated rings. The molecule has 0 aliphatic heterocycles. The van der Waals surface area contributed by atoms with Crippen LogP contribution >= 0.6 is 0 Å². The largest absolute Gasteiger partial charge is 0.465 e. The topological polar surface area (TPSA) is 69.7 Å². The number of carbonyl (C=O) groups excluding carboxylic acids is 3. The molecule has 100 valence electrons. The Bertz CT molecular complexity index is 335. The summed E-state index contributed by atoms with van der Waals surface area (Å²) in [6.07, 6.45) is 5.40. The van der Waals surface area contributed by atoms with Crippen molar-refractivity contribution in [3.8, 4) is 12.3 Å². The number of terminal acetylenes is 1. The first-order valence-corrected chi connectivity index (χ1v) is 5.75. The van der Waals surface area contributed by atoms with Crippen LogP contribution < -0.4 is 0 Å². The molecule has 1 unspecified atom stereocenters. The van der Waals surface area contributed by atoms with Crippen molar-refractivity contribution < 1.29 is 23.9 Å². The zero-order chi connectivity index (χ0) is 14.2. The van der Waals surface area contributed by atoms with Crippen molar-refractivity contribution in [1.82, 2.24) is 0 Å². The second-order valence-electron chi connectivity index (χ2n) is 3.67. The summed E-state index contributed by atoms with van der Waals surface area (Å²) in [7, 11) is 0. The van der Waals surface area contributed by atoms with E-state index in [4.69, 9.17) is 15.9 Å². The number of ether oxygens (including phenoxy) is 2. The Morgan fingerprint density at radius 1 is 1.28 bits per heavy atom. The van der Waals surface area contributed by atoms with Crippen LogP contribution in [-0.2, 0) is 23.9 Å². The van der Waals surface area contributed by atoms with Crippen molar-refractivity contribution in [2.45, 2.75) is 27.2 Å². The van der Waals surface area contributed by atoms with Crippen molar-refractivity contribution in [3.05, 3.63) is 0 Å². The van der Waals surface area contributed by atoms with Crippen LogP contribution in [0.1, 0.15) is 27.2 Å². The predicted octanol–water partition coefficient (Wildman–Crippen LogP) is 0.957. The molecule has 0 rings (SSSR count). The van der Waals surface area contributed by atoms with E-state index in [9.17, 15) is 14.4 Å². The lowest BCUT2D eigenvalue weighted by Crippen LogP contribution is -2.47. The van der Waals surface area contributed by atoms with Crippen molar-refractivity contribution in [2.75, 3.05) is 13.2 Å². The van der Waals surface area contributed by atoms with Crippen LogP contribution in [0.25, 0.3) is 0 Å². The first-order valence-electron chi connectivity index (χ1n) is 5.75. The van der Waals surface area contributed by atoms with Crippen molar-refractivity contribution >= 4 is 18.2 Å². The average Bonchev–Trinajstić information content (AvgIpc) is 2.35. The molecular formula is C13H18O5. The zero-order valence-corrected chi connectivity index (χ0v) is 10.9. The van der Waals surface area contributed by atoms with Crippen LogP contribution in [0.5, 0.6) is 0 Å². The molecule has 0 saturated heterocycles. The molecule has 18 heavy (non-hydrogen) atoms. The van der Waals surface area contributed by atoms with Gasteiger partial charge in [0.1, 0.15) is 6.29 Å². The third-order valence-corrected chi connectivity index (χ3v) is 2.67. The van der Waals surface area contributed by atoms with Crippen LogP contribution in [0.4, 0.5) is 0 Å². The minimum Gasteiger partial charge on any atom is -0.465 e. The molecule has 0 aromatic rings. The quantitative estimate of drug-likeness (QED) is 0.293. The van der Waals surface area contributed by atoms with E-state index < -0.39 is 23.3 Å². The fraction of sp³-hybridized carbons (Fsp3) is 0.615. The fourth-order valence-corrected chi connectivity index (χ4v) is 1.57. The molecule has 0 saturated carbocycles. The molecule has 0 aliphatic rings. The molecule has 5 nitrogen and oxygen atoms in total. The van der Waals surface area contributed by atoms with Gasteiger partial charge >= 0.3 is 11.9 Å². The molecule has 0 bridgehead atoms. The Morgan fingerprint density at radius 2 is 1.72 bits per heavy atom. The van der Waals surface area contributed by atoms with E-state index in [1.165, 1.54) is 6.92 Å². The van der Waals surface area contributed by atoms with Crippen molar-refractivity contribution in [1.29, 1.82) is 0 Å². The monoisotopic (exact) mass is 254 g/mol. The number of hydrogen-bond donors (Lipinski definition) is 0. The fourth-order valence-electron chi connectivity index (χ4n) is 1.57. The first kappa shape index (κ1) is 16.2. The second-order valence-corrected chi connectivity index (χ2v) is 3.67. The van der Waals surface area contributed by atoms with E-state index in [1.807, 2.05) is 0 Å². The lowest BCUT2D eigenvalue weighted by molar-refractivity contribution is -0.175. The highest BCUT2D eigenvalue weighted by Gasteiger charge is 2.52. The van der Waals surface area contributed by atoms with Gasteiger partial charge in [-0.05, 0) is 20.8 Å². The van der Waals surface area contributed by atoms with E-state index in [0.29, 0.717) is 6.29 Å². The lowest BCUT2D eigenvalue weighted by Gasteiger charge is -2.30. The molecular weight excluding hydrogens is 236 g/mol. The maximum Gasteiger partial charge on any atom is 0.325 e. The molecule has 0 aromatic heterocycles. The van der Waals surface area contributed by atoms with E-state index >= 15 is 0 Å². The highest BCUT2D eigenvalue weighted by molar-refractivity contribution is 6.02. The van der Waals surface area contributed by atoms with Gasteiger partial charge in [-0.2, -0.15) is 0 Å². The highest BCUT2D eigenvalue weighted by atomic mass is 16.6. The van der Waals surface area contributed by atoms with Crippen molar-refractivity contribution in [3.63, 3.8) is 0 Å². The Morgan fingerprint density at radius 3 is 2.00 bits per heavy atom. The number of carbonyl (C=O) groups is 3. The molecule has 0 N–H and O–H groups in total. The Hall–Kier alpha value is -1.83. The van der Waals surface area contributed by atoms with Gasteiger partial charge in [-0.3, -0.25) is 9.59 Å². The molecule has 0 amide bonds. The summed E-state index contributed by atoms with van der Waals surface area (Å²) in [4.78, 5) is 34.8. The summed E-state index contributed by atoms with van der Waals surface area (Å²) < 4.78 is 9.71. The summed E-state index contributed by atoms with van der Waals surface area (Å²) in [5.74, 6) is -0.119. The summed E-state index contributed by atoms with van der Waals surface area (Å²) >= 11 is 0. The number of aldehydes is 1. The van der Waals surface area contributed by atoms with Gasteiger partial charge in [0.25, 0.3) is 0 Å². The molecule has 0 aliphatic carbocycles. The maximum atomic E-state index is 12.0. The number of esters is 2. The van der Waals surface area contributed by atoms with E-state index in [2.05, 4.69) is 5.92 Å². The van der Waals surface area contributed by atoms with Gasteiger partial charge < -0.3 is 14.3 Å². The van der Waals surface area contributed by atoms with E-state index in [1.54, 1.807) is 13.8 Å². The van der Waals surface area contributed by atoms with Gasteiger partial charge in [0.05, 0.1) is 13.2 Å². The summed E-state index contributed by atoms with van der Waals surface area (Å²) in [6.45, 7) is 4.91. The van der Waals surface area contributed by atoms with Gasteiger partial charge in [0.15, 0.2) is 5.41 Å². The molecule has 5 heteroatoms. The van der Waals surface area contributed by atoms with Gasteiger partial charge in [0, 0.05) is 12.3 Å². The maximum absolute atomic E-state index is 12.0. The van der Waals surface area contributed by atoms with Crippen LogP contribution in [-0.4, -0.2) is 31.4 Å². The van der Waals surface area contributed by atoms with Crippen LogP contribution in [0.2, 0.25) is 0 Å². The SMILES string of the molecule is C#CC(C)C(CC=O)(C(=O)OCC)C(=O)OCC. The van der Waals surface area contributed by atoms with Gasteiger partial charge in [-0.25, -0.2) is 0 Å². The average molecular weight is 254 g/mol. The zero-order valence-electron chi connectivity index (χ0n) is 10.9. The normalized spacial score (nSPS) is 12.1. The summed E-state index contributed by atoms with van der Waals surface area (Å²) in [6, 6.07) is 0. The Kier molecular flexibility index (Phi) is 6.73. The van der Waals surface area contributed by atoms with Crippen LogP contribution in [0.15, 0.2) is 0 Å². The van der Waals surface area contributed by atoms with Gasteiger partial charge in [-0.1, -0.05) is 0 Å². The van der Waals surface area contributed by atoms with Crippen LogP contribution in [0.3, 0.4) is 0 Å². The molecule has 0 heterocycles. The van der Waals surface area contributed by atoms with Gasteiger partial charge in [0.2, 0.25) is 0 Å². The molecule has 1 atom stereocenters. The predicted molar refractivity (Wildman–Crippen MR) is 64.4 cm³/mol. The van der Waals surface area contributed by atoms with Crippen LogP contribution in [0, 0.1) is 23.7 Å². The molecule has 0 spiro atoms. The summed E-state index contributed by atoms with van der Waals surface area (Å²) in [5, 5.41) is 0. The molecule has 0 radical (unpaired) electrons.